The van der Waals surface area contributed by atoms with Crippen molar-refractivity contribution in [1.82, 2.24) is 15.5 Å². The first-order valence-electron chi connectivity index (χ1n) is 10.8. The number of hydrogen-bond donors (Lipinski definition) is 2. The molecule has 2 aromatic carbocycles. The molecule has 1 heterocycles. The highest BCUT2D eigenvalue weighted by Gasteiger charge is 2.43. The zero-order chi connectivity index (χ0) is 22.5. The molecule has 0 radical (unpaired) electrons. The maximum absolute atomic E-state index is 13.3. The lowest BCUT2D eigenvalue weighted by Crippen LogP contribution is -2.26. The Morgan fingerprint density at radius 1 is 1.25 bits per heavy atom. The molecular weight excluding hydrogens is 413 g/mol. The minimum atomic E-state index is -0.260. The van der Waals surface area contributed by atoms with Crippen molar-refractivity contribution in [2.75, 3.05) is 13.7 Å². The van der Waals surface area contributed by atoms with Gasteiger partial charge in [0.05, 0.1) is 7.11 Å². The number of nitrogens with one attached hydrogen (secondary N) is 1. The Bertz CT molecular complexity index is 1080. The first-order valence-corrected chi connectivity index (χ1v) is 10.8. The lowest BCUT2D eigenvalue weighted by Gasteiger charge is -2.05. The molecular formula is C24H26FN3O4. The van der Waals surface area contributed by atoms with Crippen molar-refractivity contribution in [3.05, 3.63) is 59.7 Å². The first kappa shape index (κ1) is 21.8. The van der Waals surface area contributed by atoms with Crippen molar-refractivity contribution in [3.63, 3.8) is 0 Å². The lowest BCUT2D eigenvalue weighted by atomic mass is 10.1. The van der Waals surface area contributed by atoms with E-state index in [1.54, 1.807) is 18.2 Å². The van der Waals surface area contributed by atoms with E-state index in [4.69, 9.17) is 9.26 Å². The summed E-state index contributed by atoms with van der Waals surface area (Å²) >= 11 is 0. The molecule has 0 aliphatic heterocycles. The van der Waals surface area contributed by atoms with E-state index in [9.17, 15) is 14.3 Å². The van der Waals surface area contributed by atoms with Gasteiger partial charge in [0.15, 0.2) is 11.5 Å². The van der Waals surface area contributed by atoms with Crippen molar-refractivity contribution >= 4 is 5.91 Å². The minimum absolute atomic E-state index is 0.0464. The van der Waals surface area contributed by atoms with Crippen LogP contribution in [-0.4, -0.2) is 34.8 Å². The van der Waals surface area contributed by atoms with Crippen LogP contribution in [0.4, 0.5) is 4.39 Å². The molecule has 168 valence electrons. The van der Waals surface area contributed by atoms with Gasteiger partial charge in [-0.3, -0.25) is 4.79 Å². The summed E-state index contributed by atoms with van der Waals surface area (Å²) in [5.41, 5.74) is 1.60. The number of carbonyl (C=O) groups excluding carboxylic acids is 1. The third kappa shape index (κ3) is 5.25. The molecule has 1 aromatic heterocycles. The smallest absolute Gasteiger partial charge is 0.226 e. The fourth-order valence-electron chi connectivity index (χ4n) is 3.80. The number of ether oxygens (including phenoxy) is 1. The Morgan fingerprint density at radius 3 is 2.94 bits per heavy atom. The maximum Gasteiger partial charge on any atom is 0.226 e. The van der Waals surface area contributed by atoms with E-state index in [0.717, 1.165) is 31.2 Å². The molecule has 4 rings (SSSR count). The molecule has 3 aromatic rings. The van der Waals surface area contributed by atoms with E-state index in [1.807, 2.05) is 6.07 Å². The number of carbonyl (C=O) groups is 1. The molecule has 1 aliphatic rings. The van der Waals surface area contributed by atoms with Crippen molar-refractivity contribution in [1.29, 1.82) is 0 Å². The van der Waals surface area contributed by atoms with Crippen LogP contribution in [0.25, 0.3) is 11.4 Å². The molecule has 1 saturated carbocycles. The highest BCUT2D eigenvalue weighted by molar-refractivity contribution is 5.82. The molecule has 1 aliphatic carbocycles. The Hall–Kier alpha value is -3.42. The SMILES string of the molecule is COc1cc(-c2noc(CCCCCNC(=O)C3CC3c3cccc(F)c3)n2)ccc1O. The number of hydrogen-bond acceptors (Lipinski definition) is 6. The van der Waals surface area contributed by atoms with Crippen molar-refractivity contribution in [3.8, 4) is 22.9 Å². The Labute approximate surface area is 185 Å². The average molecular weight is 439 g/mol. The van der Waals surface area contributed by atoms with Gasteiger partial charge >= 0.3 is 0 Å². The number of phenolic OH excluding ortho intramolecular Hbond substituents is 1. The largest absolute Gasteiger partial charge is 0.504 e. The minimum Gasteiger partial charge on any atom is -0.504 e. The summed E-state index contributed by atoms with van der Waals surface area (Å²) < 4.78 is 23.7. The van der Waals surface area contributed by atoms with Gasteiger partial charge in [0.25, 0.3) is 0 Å². The summed E-state index contributed by atoms with van der Waals surface area (Å²) in [6.45, 7) is 0.619. The Balaban J connectivity index is 1.14. The maximum atomic E-state index is 13.3. The van der Waals surface area contributed by atoms with E-state index in [2.05, 4.69) is 15.5 Å². The fourth-order valence-corrected chi connectivity index (χ4v) is 3.80. The van der Waals surface area contributed by atoms with Crippen LogP contribution in [0, 0.1) is 11.7 Å². The van der Waals surface area contributed by atoms with Crippen LogP contribution >= 0.6 is 0 Å². The number of phenols is 1. The van der Waals surface area contributed by atoms with Crippen molar-refractivity contribution in [2.24, 2.45) is 5.92 Å². The van der Waals surface area contributed by atoms with Gasteiger partial charge in [-0.1, -0.05) is 23.7 Å². The summed E-state index contributed by atoms with van der Waals surface area (Å²) in [6, 6.07) is 11.4. The van der Waals surface area contributed by atoms with Gasteiger partial charge in [0.1, 0.15) is 5.82 Å². The molecule has 1 fully saturated rings. The number of amides is 1. The second-order valence-corrected chi connectivity index (χ2v) is 8.00. The molecule has 2 N–H and O–H groups in total. The second-order valence-electron chi connectivity index (χ2n) is 8.00. The van der Waals surface area contributed by atoms with E-state index in [-0.39, 0.29) is 29.3 Å². The molecule has 32 heavy (non-hydrogen) atoms. The highest BCUT2D eigenvalue weighted by Crippen LogP contribution is 2.47. The number of benzene rings is 2. The highest BCUT2D eigenvalue weighted by atomic mass is 19.1. The van der Waals surface area contributed by atoms with Gasteiger partial charge in [-0.15, -0.1) is 0 Å². The van der Waals surface area contributed by atoms with Gasteiger partial charge in [-0.25, -0.2) is 4.39 Å². The normalized spacial score (nSPS) is 17.2. The second kappa shape index (κ2) is 9.80. The third-order valence-corrected chi connectivity index (χ3v) is 5.68. The van der Waals surface area contributed by atoms with Crippen LogP contribution in [0.3, 0.4) is 0 Å². The quantitative estimate of drug-likeness (QED) is 0.459. The van der Waals surface area contributed by atoms with E-state index >= 15 is 0 Å². The van der Waals surface area contributed by atoms with Crippen LogP contribution in [-0.2, 0) is 11.2 Å². The average Bonchev–Trinajstić information content (AvgIpc) is 3.47. The van der Waals surface area contributed by atoms with Crippen LogP contribution in [0.2, 0.25) is 0 Å². The summed E-state index contributed by atoms with van der Waals surface area (Å²) in [5.74, 6) is 1.27. The number of rotatable bonds is 10. The zero-order valence-corrected chi connectivity index (χ0v) is 17.9. The van der Waals surface area contributed by atoms with Crippen molar-refractivity contribution < 1.29 is 23.6 Å². The van der Waals surface area contributed by atoms with Crippen LogP contribution in [0.5, 0.6) is 11.5 Å². The molecule has 0 bridgehead atoms. The predicted molar refractivity (Wildman–Crippen MR) is 116 cm³/mol. The standard InChI is InChI=1S/C24H26FN3O4/c1-31-21-13-16(9-10-20(21)29)23-27-22(32-28-23)8-3-2-4-11-26-24(30)19-14-18(19)15-6-5-7-17(25)12-15/h5-7,9-10,12-13,18-19,29H,2-4,8,11,14H2,1H3,(H,26,30). The van der Waals surface area contributed by atoms with Crippen molar-refractivity contribution in [2.45, 2.75) is 38.0 Å². The van der Waals surface area contributed by atoms with Gasteiger partial charge < -0.3 is 19.7 Å². The fraction of sp³-hybridized carbons (Fsp3) is 0.375. The molecule has 1 amide bonds. The summed E-state index contributed by atoms with van der Waals surface area (Å²) in [7, 11) is 1.48. The lowest BCUT2D eigenvalue weighted by molar-refractivity contribution is -0.122. The summed E-state index contributed by atoms with van der Waals surface area (Å²) in [6.07, 6.45) is 4.08. The number of aromatic nitrogens is 2. The van der Waals surface area contributed by atoms with E-state index in [1.165, 1.54) is 25.3 Å². The number of nitrogens with zero attached hydrogens (tertiary/aromatic N) is 2. The van der Waals surface area contributed by atoms with Gasteiger partial charge in [-0.2, -0.15) is 4.98 Å². The number of aryl methyl sites for hydroxylation is 1. The van der Waals surface area contributed by atoms with Crippen LogP contribution in [0.15, 0.2) is 47.0 Å². The van der Waals surface area contributed by atoms with Gasteiger partial charge in [0, 0.05) is 24.4 Å². The number of aromatic hydroxyl groups is 1. The number of unbranched alkanes of at least 4 members (excludes halogenated alkanes) is 2. The molecule has 2 unspecified atom stereocenters. The Kier molecular flexibility index (Phi) is 6.68. The molecule has 0 saturated heterocycles. The molecule has 8 heteroatoms. The van der Waals surface area contributed by atoms with E-state index < -0.39 is 0 Å². The summed E-state index contributed by atoms with van der Waals surface area (Å²) in [5, 5.41) is 16.7. The van der Waals surface area contributed by atoms with Gasteiger partial charge in [-0.05, 0) is 61.1 Å². The van der Waals surface area contributed by atoms with E-state index in [0.29, 0.717) is 36.0 Å². The number of halogens is 1. The van der Waals surface area contributed by atoms with Crippen LogP contribution < -0.4 is 10.1 Å². The molecule has 7 nitrogen and oxygen atoms in total. The van der Waals surface area contributed by atoms with Crippen LogP contribution in [0.1, 0.15) is 43.1 Å². The monoisotopic (exact) mass is 439 g/mol. The Morgan fingerprint density at radius 2 is 2.12 bits per heavy atom. The number of methoxy groups -OCH3 is 1. The third-order valence-electron chi connectivity index (χ3n) is 5.68. The topological polar surface area (TPSA) is 97.5 Å². The summed E-state index contributed by atoms with van der Waals surface area (Å²) in [4.78, 5) is 16.7. The molecule has 0 spiro atoms. The molecule has 2 atom stereocenters. The predicted octanol–water partition coefficient (Wildman–Crippen LogP) is 4.22. The zero-order valence-electron chi connectivity index (χ0n) is 17.9. The first-order chi connectivity index (χ1) is 15.5. The van der Waals surface area contributed by atoms with Gasteiger partial charge in [0.2, 0.25) is 17.6 Å².